The van der Waals surface area contributed by atoms with Crippen LogP contribution in [0, 0.1) is 0 Å². The average Bonchev–Trinajstić information content (AvgIpc) is 2.14. The Morgan fingerprint density at radius 3 is 2.93 bits per heavy atom. The maximum atomic E-state index is 10.3. The van der Waals surface area contributed by atoms with E-state index >= 15 is 0 Å². The lowest BCUT2D eigenvalue weighted by Crippen LogP contribution is -2.31. The molecular formula is C10H13ClN2O2. The standard InChI is InChI=1S/C10H13ClN2O2/c11-7-2-1-3-9(4-7)13-6-8(12)5-10(14)15/h1-4,8,13H,5-6,12H2,(H,14,15). The number of rotatable bonds is 5. The molecule has 1 aromatic carbocycles. The number of hydrogen-bond donors (Lipinski definition) is 3. The van der Waals surface area contributed by atoms with E-state index < -0.39 is 12.0 Å². The summed E-state index contributed by atoms with van der Waals surface area (Å²) in [5.41, 5.74) is 6.42. The summed E-state index contributed by atoms with van der Waals surface area (Å²) in [5.74, 6) is -0.893. The molecule has 0 saturated carbocycles. The van der Waals surface area contributed by atoms with Gasteiger partial charge in [-0.2, -0.15) is 0 Å². The number of benzene rings is 1. The van der Waals surface area contributed by atoms with Gasteiger partial charge in [0.2, 0.25) is 0 Å². The summed E-state index contributed by atoms with van der Waals surface area (Å²) in [6.45, 7) is 0.409. The Balaban J connectivity index is 2.40. The molecule has 1 unspecified atom stereocenters. The summed E-state index contributed by atoms with van der Waals surface area (Å²) in [7, 11) is 0. The van der Waals surface area contributed by atoms with Gasteiger partial charge in [-0.1, -0.05) is 17.7 Å². The molecule has 0 spiro atoms. The Morgan fingerprint density at radius 2 is 2.33 bits per heavy atom. The normalized spacial score (nSPS) is 12.1. The quantitative estimate of drug-likeness (QED) is 0.715. The zero-order chi connectivity index (χ0) is 11.3. The maximum Gasteiger partial charge on any atom is 0.304 e. The van der Waals surface area contributed by atoms with E-state index in [1.165, 1.54) is 0 Å². The Morgan fingerprint density at radius 1 is 1.60 bits per heavy atom. The van der Waals surface area contributed by atoms with Crippen molar-refractivity contribution in [3.05, 3.63) is 29.3 Å². The molecule has 0 bridgehead atoms. The number of halogens is 1. The summed E-state index contributed by atoms with van der Waals surface area (Å²) < 4.78 is 0. The maximum absolute atomic E-state index is 10.3. The first-order valence-corrected chi connectivity index (χ1v) is 4.92. The summed E-state index contributed by atoms with van der Waals surface area (Å²) in [5, 5.41) is 12.1. The van der Waals surface area contributed by atoms with Gasteiger partial charge in [0, 0.05) is 23.3 Å². The summed E-state index contributed by atoms with van der Waals surface area (Å²) in [4.78, 5) is 10.3. The van der Waals surface area contributed by atoms with E-state index in [4.69, 9.17) is 22.4 Å². The highest BCUT2D eigenvalue weighted by Gasteiger charge is 2.07. The highest BCUT2D eigenvalue weighted by molar-refractivity contribution is 6.30. The van der Waals surface area contributed by atoms with Crippen LogP contribution in [0.4, 0.5) is 5.69 Å². The van der Waals surface area contributed by atoms with Crippen molar-refractivity contribution in [2.24, 2.45) is 5.73 Å². The van der Waals surface area contributed by atoms with Crippen LogP contribution >= 0.6 is 11.6 Å². The van der Waals surface area contributed by atoms with Crippen molar-refractivity contribution in [3.8, 4) is 0 Å². The molecule has 1 rings (SSSR count). The third-order valence-electron chi connectivity index (χ3n) is 1.83. The van der Waals surface area contributed by atoms with Crippen LogP contribution < -0.4 is 11.1 Å². The third-order valence-corrected chi connectivity index (χ3v) is 2.06. The third kappa shape index (κ3) is 4.67. The minimum atomic E-state index is -0.893. The summed E-state index contributed by atoms with van der Waals surface area (Å²) in [6, 6.07) is 6.78. The zero-order valence-corrected chi connectivity index (χ0v) is 8.87. The van der Waals surface area contributed by atoms with E-state index in [9.17, 15) is 4.79 Å². The van der Waals surface area contributed by atoms with E-state index in [1.54, 1.807) is 12.1 Å². The molecular weight excluding hydrogens is 216 g/mol. The van der Waals surface area contributed by atoms with Gasteiger partial charge >= 0.3 is 5.97 Å². The monoisotopic (exact) mass is 228 g/mol. The van der Waals surface area contributed by atoms with Crippen LogP contribution in [0.1, 0.15) is 6.42 Å². The van der Waals surface area contributed by atoms with Crippen molar-refractivity contribution >= 4 is 23.3 Å². The highest BCUT2D eigenvalue weighted by Crippen LogP contribution is 2.14. The first-order valence-electron chi connectivity index (χ1n) is 4.55. The molecule has 82 valence electrons. The van der Waals surface area contributed by atoms with Gasteiger partial charge in [0.1, 0.15) is 0 Å². The Kier molecular flexibility index (Phi) is 4.39. The summed E-state index contributed by atoms with van der Waals surface area (Å²) in [6.07, 6.45) is -0.0480. The molecule has 5 heteroatoms. The van der Waals surface area contributed by atoms with Crippen LogP contribution in [0.15, 0.2) is 24.3 Å². The molecule has 0 aliphatic heterocycles. The van der Waals surface area contributed by atoms with Crippen LogP contribution in [-0.2, 0) is 4.79 Å². The molecule has 1 aromatic rings. The predicted octanol–water partition coefficient (Wildman–Crippen LogP) is 1.55. The Bertz CT molecular complexity index is 344. The molecule has 0 aliphatic rings. The first kappa shape index (κ1) is 11.8. The van der Waals surface area contributed by atoms with Gasteiger partial charge in [-0.25, -0.2) is 0 Å². The second-order valence-electron chi connectivity index (χ2n) is 3.25. The summed E-state index contributed by atoms with van der Waals surface area (Å²) >= 11 is 5.78. The molecule has 0 aromatic heterocycles. The van der Waals surface area contributed by atoms with E-state index in [1.807, 2.05) is 12.1 Å². The molecule has 4 N–H and O–H groups in total. The highest BCUT2D eigenvalue weighted by atomic mass is 35.5. The van der Waals surface area contributed by atoms with Gasteiger partial charge in [-0.3, -0.25) is 4.79 Å². The van der Waals surface area contributed by atoms with E-state index in [0.717, 1.165) is 5.69 Å². The minimum Gasteiger partial charge on any atom is -0.481 e. The van der Waals surface area contributed by atoms with Gasteiger partial charge < -0.3 is 16.2 Å². The number of carboxylic acid groups (broad SMARTS) is 1. The van der Waals surface area contributed by atoms with Crippen molar-refractivity contribution in [3.63, 3.8) is 0 Å². The molecule has 0 amide bonds. The average molecular weight is 229 g/mol. The molecule has 15 heavy (non-hydrogen) atoms. The molecule has 4 nitrogen and oxygen atoms in total. The van der Waals surface area contributed by atoms with Crippen LogP contribution in [-0.4, -0.2) is 23.7 Å². The molecule has 0 radical (unpaired) electrons. The fraction of sp³-hybridized carbons (Fsp3) is 0.300. The number of aliphatic carboxylic acids is 1. The largest absolute Gasteiger partial charge is 0.481 e. The fourth-order valence-corrected chi connectivity index (χ4v) is 1.33. The van der Waals surface area contributed by atoms with E-state index in [0.29, 0.717) is 11.6 Å². The lowest BCUT2D eigenvalue weighted by molar-refractivity contribution is -0.137. The molecule has 1 atom stereocenters. The zero-order valence-electron chi connectivity index (χ0n) is 8.11. The first-order chi connectivity index (χ1) is 7.08. The number of hydrogen-bond acceptors (Lipinski definition) is 3. The van der Waals surface area contributed by atoms with E-state index in [-0.39, 0.29) is 6.42 Å². The Labute approximate surface area is 93.0 Å². The molecule has 0 heterocycles. The lowest BCUT2D eigenvalue weighted by atomic mass is 10.2. The van der Waals surface area contributed by atoms with Crippen LogP contribution in [0.2, 0.25) is 5.02 Å². The second-order valence-corrected chi connectivity index (χ2v) is 3.69. The topological polar surface area (TPSA) is 75.3 Å². The van der Waals surface area contributed by atoms with Crippen LogP contribution in [0.25, 0.3) is 0 Å². The van der Waals surface area contributed by atoms with Crippen LogP contribution in [0.3, 0.4) is 0 Å². The fourth-order valence-electron chi connectivity index (χ4n) is 1.14. The number of carboxylic acids is 1. The van der Waals surface area contributed by atoms with Crippen molar-refractivity contribution in [1.29, 1.82) is 0 Å². The number of nitrogens with one attached hydrogen (secondary N) is 1. The van der Waals surface area contributed by atoms with Crippen molar-refractivity contribution in [2.45, 2.75) is 12.5 Å². The Hall–Kier alpha value is -1.26. The predicted molar refractivity (Wildman–Crippen MR) is 60.2 cm³/mol. The molecule has 0 aliphatic carbocycles. The van der Waals surface area contributed by atoms with Gasteiger partial charge in [-0.05, 0) is 18.2 Å². The number of carbonyl (C=O) groups is 1. The molecule has 0 fully saturated rings. The van der Waals surface area contributed by atoms with Crippen molar-refractivity contribution < 1.29 is 9.90 Å². The van der Waals surface area contributed by atoms with E-state index in [2.05, 4.69) is 5.32 Å². The second kappa shape index (κ2) is 5.58. The van der Waals surface area contributed by atoms with Gasteiger partial charge in [0.05, 0.1) is 6.42 Å². The molecule has 0 saturated heterocycles. The smallest absolute Gasteiger partial charge is 0.304 e. The van der Waals surface area contributed by atoms with Gasteiger partial charge in [0.25, 0.3) is 0 Å². The van der Waals surface area contributed by atoms with Gasteiger partial charge in [0.15, 0.2) is 0 Å². The lowest BCUT2D eigenvalue weighted by Gasteiger charge is -2.11. The number of anilines is 1. The van der Waals surface area contributed by atoms with Crippen molar-refractivity contribution in [2.75, 3.05) is 11.9 Å². The van der Waals surface area contributed by atoms with Gasteiger partial charge in [-0.15, -0.1) is 0 Å². The van der Waals surface area contributed by atoms with Crippen molar-refractivity contribution in [1.82, 2.24) is 0 Å². The minimum absolute atomic E-state index is 0.0480. The SMILES string of the molecule is NC(CNc1cccc(Cl)c1)CC(=O)O. The number of nitrogens with two attached hydrogens (primary N) is 1. The van der Waals surface area contributed by atoms with Crippen LogP contribution in [0.5, 0.6) is 0 Å².